The molecule has 0 aliphatic heterocycles. The van der Waals surface area contributed by atoms with Crippen molar-refractivity contribution in [1.82, 2.24) is 0 Å². The van der Waals surface area contributed by atoms with Crippen molar-refractivity contribution in [2.45, 2.75) is 12.4 Å². The Labute approximate surface area is 133 Å². The van der Waals surface area contributed by atoms with Gasteiger partial charge in [-0.3, -0.25) is 0 Å². The molecule has 0 unspecified atom stereocenters. The van der Waals surface area contributed by atoms with E-state index in [1.165, 1.54) is 18.2 Å². The second-order valence-electron chi connectivity index (χ2n) is 3.76. The lowest BCUT2D eigenvalue weighted by Gasteiger charge is -2.10. The zero-order chi connectivity index (χ0) is 17.0. The molecule has 22 heavy (non-hydrogen) atoms. The van der Waals surface area contributed by atoms with Crippen LogP contribution in [0.3, 0.4) is 0 Å². The van der Waals surface area contributed by atoms with Gasteiger partial charge in [-0.1, -0.05) is 6.07 Å². The Balaban J connectivity index is 2.94. The molecule has 0 aliphatic carbocycles. The van der Waals surface area contributed by atoms with Crippen molar-refractivity contribution in [3.63, 3.8) is 0 Å². The number of carbonyl (C=O) groups excluding carboxylic acids is 1. The summed E-state index contributed by atoms with van der Waals surface area (Å²) in [7, 11) is -5.74. The van der Waals surface area contributed by atoms with Gasteiger partial charge in [-0.2, -0.15) is 21.6 Å². The molecule has 0 bridgehead atoms. The van der Waals surface area contributed by atoms with E-state index in [2.05, 4.69) is 24.8 Å². The lowest BCUT2D eigenvalue weighted by molar-refractivity contribution is -0.137. The Kier molecular flexibility index (Phi) is 6.00. The van der Waals surface area contributed by atoms with Crippen LogP contribution in [0.2, 0.25) is 0 Å². The zero-order valence-corrected chi connectivity index (χ0v) is 13.5. The van der Waals surface area contributed by atoms with Gasteiger partial charge in [0.2, 0.25) is 0 Å². The first-order valence-electron chi connectivity index (χ1n) is 5.72. The topological polar surface area (TPSA) is 69.7 Å². The summed E-state index contributed by atoms with van der Waals surface area (Å²) in [4.78, 5) is 11.1. The molecule has 0 aliphatic rings. The van der Waals surface area contributed by atoms with E-state index in [0.717, 1.165) is 12.1 Å². The van der Waals surface area contributed by atoms with Gasteiger partial charge in [0.1, 0.15) is 0 Å². The van der Waals surface area contributed by atoms with Crippen LogP contribution in [0.4, 0.5) is 13.2 Å². The number of carbonyl (C=O) groups is 1. The van der Waals surface area contributed by atoms with Gasteiger partial charge in [-0.05, 0) is 46.6 Å². The minimum atomic E-state index is -5.74. The van der Waals surface area contributed by atoms with E-state index in [4.69, 9.17) is 0 Å². The highest BCUT2D eigenvalue weighted by molar-refractivity contribution is 9.10. The molecule has 1 aromatic rings. The van der Waals surface area contributed by atoms with Gasteiger partial charge in [0.05, 0.1) is 11.1 Å². The number of halogens is 4. The van der Waals surface area contributed by atoms with Crippen molar-refractivity contribution in [2.75, 3.05) is 6.61 Å². The lowest BCUT2D eigenvalue weighted by Crippen LogP contribution is -2.28. The number of rotatable bonds is 5. The zero-order valence-electron chi connectivity index (χ0n) is 11.1. The van der Waals surface area contributed by atoms with E-state index in [1.54, 1.807) is 6.92 Å². The number of ether oxygens (including phenoxy) is 1. The molecule has 0 aromatic heterocycles. The van der Waals surface area contributed by atoms with E-state index in [0.29, 0.717) is 5.56 Å². The van der Waals surface area contributed by atoms with Gasteiger partial charge < -0.3 is 8.92 Å². The predicted molar refractivity (Wildman–Crippen MR) is 75.4 cm³/mol. The van der Waals surface area contributed by atoms with Crippen molar-refractivity contribution >= 4 is 38.1 Å². The molecule has 0 N–H and O–H groups in total. The lowest BCUT2D eigenvalue weighted by atomic mass is 10.2. The first-order valence-corrected chi connectivity index (χ1v) is 7.92. The third-order valence-corrected chi connectivity index (χ3v) is 3.72. The van der Waals surface area contributed by atoms with Crippen molar-refractivity contribution in [2.24, 2.45) is 0 Å². The standard InChI is InChI=1S/C12H10BrF3O5S/c1-2-20-11(17)6-4-8-3-5-10(9(13)7-8)21-22(18,19)12(14,15)16/h3-7H,2H2,1H3. The summed E-state index contributed by atoms with van der Waals surface area (Å²) in [5.41, 5.74) is -5.09. The Bertz CT molecular complexity index is 682. The Morgan fingerprint density at radius 2 is 2.00 bits per heavy atom. The smallest absolute Gasteiger partial charge is 0.463 e. The minimum Gasteiger partial charge on any atom is -0.463 e. The molecule has 5 nitrogen and oxygen atoms in total. The molecule has 0 atom stereocenters. The molecule has 0 heterocycles. The summed E-state index contributed by atoms with van der Waals surface area (Å²) in [5.74, 6) is -1.11. The molecule has 0 spiro atoms. The summed E-state index contributed by atoms with van der Waals surface area (Å²) < 4.78 is 67.1. The molecule has 10 heteroatoms. The molecule has 1 aromatic carbocycles. The van der Waals surface area contributed by atoms with E-state index in [1.807, 2.05) is 0 Å². The summed E-state index contributed by atoms with van der Waals surface area (Å²) in [6.07, 6.45) is 2.48. The van der Waals surface area contributed by atoms with Gasteiger partial charge >= 0.3 is 21.6 Å². The minimum absolute atomic E-state index is 0.0219. The molecule has 0 saturated heterocycles. The van der Waals surface area contributed by atoms with Crippen LogP contribution in [0.5, 0.6) is 5.75 Å². The summed E-state index contributed by atoms with van der Waals surface area (Å²) in [6, 6.07) is 3.59. The Morgan fingerprint density at radius 1 is 1.36 bits per heavy atom. The third-order valence-electron chi connectivity index (χ3n) is 2.14. The van der Waals surface area contributed by atoms with Crippen LogP contribution in [0.25, 0.3) is 6.08 Å². The van der Waals surface area contributed by atoms with Crippen LogP contribution in [-0.2, 0) is 19.6 Å². The van der Waals surface area contributed by atoms with Crippen LogP contribution < -0.4 is 4.18 Å². The molecule has 1 rings (SSSR count). The van der Waals surface area contributed by atoms with E-state index in [-0.39, 0.29) is 11.1 Å². The molecule has 0 fully saturated rings. The first kappa shape index (κ1) is 18.5. The van der Waals surface area contributed by atoms with Crippen LogP contribution in [-0.4, -0.2) is 26.5 Å². The second kappa shape index (κ2) is 7.14. The van der Waals surface area contributed by atoms with Crippen molar-refractivity contribution in [3.8, 4) is 5.75 Å². The van der Waals surface area contributed by atoms with Crippen molar-refractivity contribution in [3.05, 3.63) is 34.3 Å². The molecular formula is C12H10BrF3O5S. The van der Waals surface area contributed by atoms with E-state index in [9.17, 15) is 26.4 Å². The Morgan fingerprint density at radius 3 is 2.50 bits per heavy atom. The van der Waals surface area contributed by atoms with Gasteiger partial charge in [0.15, 0.2) is 5.75 Å². The van der Waals surface area contributed by atoms with E-state index < -0.39 is 27.3 Å². The SMILES string of the molecule is CCOC(=O)C=Cc1ccc(OS(=O)(=O)C(F)(F)F)c(Br)c1. The van der Waals surface area contributed by atoms with Crippen molar-refractivity contribution in [1.29, 1.82) is 0 Å². The number of hydrogen-bond donors (Lipinski definition) is 0. The fourth-order valence-corrected chi connectivity index (χ4v) is 2.27. The van der Waals surface area contributed by atoms with Crippen molar-refractivity contribution < 1.29 is 35.3 Å². The number of hydrogen-bond acceptors (Lipinski definition) is 5. The van der Waals surface area contributed by atoms with Gasteiger partial charge in [0.25, 0.3) is 0 Å². The van der Waals surface area contributed by atoms with Crippen LogP contribution >= 0.6 is 15.9 Å². The largest absolute Gasteiger partial charge is 0.534 e. The van der Waals surface area contributed by atoms with Crippen LogP contribution in [0.15, 0.2) is 28.7 Å². The quantitative estimate of drug-likeness (QED) is 0.327. The third kappa shape index (κ3) is 5.02. The fraction of sp³-hybridized carbons (Fsp3) is 0.250. The predicted octanol–water partition coefficient (Wildman–Crippen LogP) is 3.25. The highest BCUT2D eigenvalue weighted by atomic mass is 79.9. The molecule has 122 valence electrons. The molecule has 0 saturated carbocycles. The van der Waals surface area contributed by atoms with Gasteiger partial charge in [-0.25, -0.2) is 4.79 Å². The highest BCUT2D eigenvalue weighted by Gasteiger charge is 2.48. The summed E-state index contributed by atoms with van der Waals surface area (Å²) in [5, 5.41) is 0. The maximum absolute atomic E-state index is 12.2. The number of benzene rings is 1. The normalized spacial score (nSPS) is 12.4. The molecular weight excluding hydrogens is 393 g/mol. The average molecular weight is 403 g/mol. The van der Waals surface area contributed by atoms with Gasteiger partial charge in [-0.15, -0.1) is 0 Å². The van der Waals surface area contributed by atoms with Gasteiger partial charge in [0, 0.05) is 6.08 Å². The maximum Gasteiger partial charge on any atom is 0.534 e. The molecule has 0 radical (unpaired) electrons. The van der Waals surface area contributed by atoms with Crippen LogP contribution in [0.1, 0.15) is 12.5 Å². The molecule has 0 amide bonds. The monoisotopic (exact) mass is 402 g/mol. The van der Waals surface area contributed by atoms with Crippen LogP contribution in [0, 0.1) is 0 Å². The average Bonchev–Trinajstić information content (AvgIpc) is 2.38. The first-order chi connectivity index (χ1) is 10.1. The maximum atomic E-state index is 12.2. The number of alkyl halides is 3. The highest BCUT2D eigenvalue weighted by Crippen LogP contribution is 2.32. The van der Waals surface area contributed by atoms with E-state index >= 15 is 0 Å². The summed E-state index contributed by atoms with van der Waals surface area (Å²) >= 11 is 2.90. The second-order valence-corrected chi connectivity index (χ2v) is 6.15. The Hall–Kier alpha value is -1.55. The summed E-state index contributed by atoms with van der Waals surface area (Å²) in [6.45, 7) is 1.84. The fourth-order valence-electron chi connectivity index (χ4n) is 1.21. The number of esters is 1.